The Balaban J connectivity index is 2.42. The Morgan fingerprint density at radius 1 is 1.14 bits per heavy atom. The molecule has 3 nitrogen and oxygen atoms in total. The summed E-state index contributed by atoms with van der Waals surface area (Å²) in [6.07, 6.45) is 0. The summed E-state index contributed by atoms with van der Waals surface area (Å²) >= 11 is 18.4. The second-order valence-corrected chi connectivity index (χ2v) is 5.41. The van der Waals surface area contributed by atoms with E-state index in [1.54, 1.807) is 18.2 Å². The van der Waals surface area contributed by atoms with E-state index in [1.165, 1.54) is 0 Å². The van der Waals surface area contributed by atoms with Crippen LogP contribution in [0.25, 0.3) is 16.7 Å². The van der Waals surface area contributed by atoms with Crippen LogP contribution in [0.5, 0.6) is 0 Å². The second kappa shape index (κ2) is 5.57. The molecule has 3 aromatic rings. The minimum absolute atomic E-state index is 0.197. The Morgan fingerprint density at radius 2 is 1.90 bits per heavy atom. The summed E-state index contributed by atoms with van der Waals surface area (Å²) in [7, 11) is 0. The van der Waals surface area contributed by atoms with Crippen molar-refractivity contribution in [3.05, 3.63) is 57.8 Å². The third kappa shape index (κ3) is 2.26. The molecule has 0 aliphatic rings. The van der Waals surface area contributed by atoms with Gasteiger partial charge in [0.05, 0.1) is 32.7 Å². The van der Waals surface area contributed by atoms with Crippen molar-refractivity contribution in [2.24, 2.45) is 0 Å². The molecule has 1 aromatic heterocycles. The average molecular weight is 337 g/mol. The summed E-state index contributed by atoms with van der Waals surface area (Å²) in [4.78, 5) is 4.46. The van der Waals surface area contributed by atoms with Gasteiger partial charge in [0, 0.05) is 0 Å². The molecule has 21 heavy (non-hydrogen) atoms. The topological polar surface area (TPSA) is 41.6 Å². The molecule has 0 amide bonds. The number of rotatable bonds is 2. The van der Waals surface area contributed by atoms with E-state index >= 15 is 0 Å². The first-order chi connectivity index (χ1) is 10.2. The van der Waals surface area contributed by atoms with Gasteiger partial charge in [0.1, 0.15) is 17.4 Å². The standard InChI is InChI=1S/C15H8Cl3N3/c16-7-13-20-15-9(8-19)3-1-6-12(15)21(13)11-5-2-4-10(17)14(11)18/h1-6H,7H2. The SMILES string of the molecule is N#Cc1cccc2c1nc(CCl)n2-c1cccc(Cl)c1Cl. The number of aromatic nitrogens is 2. The van der Waals surface area contributed by atoms with Gasteiger partial charge in [-0.15, -0.1) is 11.6 Å². The summed E-state index contributed by atoms with van der Waals surface area (Å²) in [6.45, 7) is 0. The van der Waals surface area contributed by atoms with Crippen molar-refractivity contribution in [2.45, 2.75) is 5.88 Å². The lowest BCUT2D eigenvalue weighted by Crippen LogP contribution is -2.00. The normalized spacial score (nSPS) is 10.8. The Bertz CT molecular complexity index is 878. The monoisotopic (exact) mass is 335 g/mol. The first-order valence-electron chi connectivity index (χ1n) is 6.08. The van der Waals surface area contributed by atoms with Crippen molar-refractivity contribution in [3.63, 3.8) is 0 Å². The Morgan fingerprint density at radius 3 is 2.62 bits per heavy atom. The molecule has 0 saturated heterocycles. The molecule has 6 heteroatoms. The molecule has 0 saturated carbocycles. The van der Waals surface area contributed by atoms with Gasteiger partial charge in [-0.1, -0.05) is 35.3 Å². The van der Waals surface area contributed by atoms with Gasteiger partial charge in [-0.3, -0.25) is 4.57 Å². The molecule has 0 N–H and O–H groups in total. The third-order valence-corrected chi connectivity index (χ3v) is 4.21. The molecule has 0 unspecified atom stereocenters. The summed E-state index contributed by atoms with van der Waals surface area (Å²) in [5.74, 6) is 0.807. The van der Waals surface area contributed by atoms with E-state index in [2.05, 4.69) is 11.1 Å². The second-order valence-electron chi connectivity index (χ2n) is 4.36. The maximum absolute atomic E-state index is 9.20. The summed E-state index contributed by atoms with van der Waals surface area (Å²) in [6, 6.07) is 12.9. The number of alkyl halides is 1. The smallest absolute Gasteiger partial charge is 0.129 e. The average Bonchev–Trinajstić information content (AvgIpc) is 2.88. The number of para-hydroxylation sites is 1. The Hall–Kier alpha value is -1.73. The van der Waals surface area contributed by atoms with Crippen molar-refractivity contribution in [3.8, 4) is 11.8 Å². The molecule has 3 rings (SSSR count). The van der Waals surface area contributed by atoms with Gasteiger partial charge in [0.15, 0.2) is 0 Å². The predicted molar refractivity (Wildman–Crippen MR) is 85.4 cm³/mol. The number of halogens is 3. The zero-order chi connectivity index (χ0) is 15.0. The van der Waals surface area contributed by atoms with Crippen LogP contribution in [0, 0.1) is 11.3 Å². The van der Waals surface area contributed by atoms with Crippen LogP contribution in [-0.2, 0) is 5.88 Å². The maximum atomic E-state index is 9.20. The lowest BCUT2D eigenvalue weighted by atomic mass is 10.2. The molecule has 2 aromatic carbocycles. The van der Waals surface area contributed by atoms with Gasteiger partial charge < -0.3 is 0 Å². The van der Waals surface area contributed by atoms with Crippen LogP contribution in [0.4, 0.5) is 0 Å². The van der Waals surface area contributed by atoms with Gasteiger partial charge in [-0.05, 0) is 24.3 Å². The molecule has 104 valence electrons. The first kappa shape index (κ1) is 14.2. The molecular formula is C15H8Cl3N3. The summed E-state index contributed by atoms with van der Waals surface area (Å²) < 4.78 is 1.83. The fraction of sp³-hybridized carbons (Fsp3) is 0.0667. The van der Waals surface area contributed by atoms with Gasteiger partial charge in [-0.2, -0.15) is 5.26 Å². The number of fused-ring (bicyclic) bond motifs is 1. The highest BCUT2D eigenvalue weighted by molar-refractivity contribution is 6.43. The highest BCUT2D eigenvalue weighted by Crippen LogP contribution is 2.32. The molecule has 0 spiro atoms. The Labute approximate surface area is 136 Å². The van der Waals surface area contributed by atoms with Crippen LogP contribution < -0.4 is 0 Å². The van der Waals surface area contributed by atoms with Gasteiger partial charge >= 0.3 is 0 Å². The van der Waals surface area contributed by atoms with Crippen LogP contribution in [-0.4, -0.2) is 9.55 Å². The molecule has 0 bridgehead atoms. The maximum Gasteiger partial charge on any atom is 0.129 e. The molecule has 0 aliphatic heterocycles. The highest BCUT2D eigenvalue weighted by atomic mass is 35.5. The van der Waals surface area contributed by atoms with Crippen molar-refractivity contribution in [1.82, 2.24) is 9.55 Å². The highest BCUT2D eigenvalue weighted by Gasteiger charge is 2.17. The van der Waals surface area contributed by atoms with E-state index in [1.807, 2.05) is 22.8 Å². The van der Waals surface area contributed by atoms with Crippen LogP contribution in [0.1, 0.15) is 11.4 Å². The summed E-state index contributed by atoms with van der Waals surface area (Å²) in [5.41, 5.74) is 2.56. The molecule has 0 atom stereocenters. The van der Waals surface area contributed by atoms with E-state index < -0.39 is 0 Å². The first-order valence-corrected chi connectivity index (χ1v) is 7.37. The number of hydrogen-bond acceptors (Lipinski definition) is 2. The van der Waals surface area contributed by atoms with E-state index in [9.17, 15) is 5.26 Å². The van der Waals surface area contributed by atoms with Crippen molar-refractivity contribution in [2.75, 3.05) is 0 Å². The van der Waals surface area contributed by atoms with Crippen molar-refractivity contribution in [1.29, 1.82) is 5.26 Å². The van der Waals surface area contributed by atoms with E-state index in [0.29, 0.717) is 32.6 Å². The van der Waals surface area contributed by atoms with E-state index in [-0.39, 0.29) is 5.88 Å². The largest absolute Gasteiger partial charge is 0.294 e. The quantitative estimate of drug-likeness (QED) is 0.622. The zero-order valence-electron chi connectivity index (χ0n) is 10.6. The van der Waals surface area contributed by atoms with Gasteiger partial charge in [-0.25, -0.2) is 4.98 Å². The number of nitriles is 1. The number of imidazole rings is 1. The predicted octanol–water partition coefficient (Wildman–Crippen LogP) is 4.94. The minimum Gasteiger partial charge on any atom is -0.294 e. The zero-order valence-corrected chi connectivity index (χ0v) is 12.9. The fourth-order valence-electron chi connectivity index (χ4n) is 2.26. The van der Waals surface area contributed by atoms with Crippen LogP contribution in [0.3, 0.4) is 0 Å². The van der Waals surface area contributed by atoms with Crippen LogP contribution >= 0.6 is 34.8 Å². The number of nitrogens with zero attached hydrogens (tertiary/aromatic N) is 3. The van der Waals surface area contributed by atoms with Gasteiger partial charge in [0.2, 0.25) is 0 Å². The lowest BCUT2D eigenvalue weighted by molar-refractivity contribution is 0.982. The molecular weight excluding hydrogens is 329 g/mol. The molecule has 0 fully saturated rings. The van der Waals surface area contributed by atoms with Crippen LogP contribution in [0.15, 0.2) is 36.4 Å². The molecule has 1 heterocycles. The van der Waals surface area contributed by atoms with Crippen molar-refractivity contribution < 1.29 is 0 Å². The minimum atomic E-state index is 0.197. The number of benzene rings is 2. The molecule has 0 radical (unpaired) electrons. The third-order valence-electron chi connectivity index (χ3n) is 3.17. The fourth-order valence-corrected chi connectivity index (χ4v) is 2.82. The Kier molecular flexibility index (Phi) is 3.77. The molecule has 0 aliphatic carbocycles. The lowest BCUT2D eigenvalue weighted by Gasteiger charge is -2.10. The summed E-state index contributed by atoms with van der Waals surface area (Å²) in [5, 5.41) is 10.1. The van der Waals surface area contributed by atoms with E-state index in [0.717, 1.165) is 5.52 Å². The van der Waals surface area contributed by atoms with E-state index in [4.69, 9.17) is 34.8 Å². The number of hydrogen-bond donors (Lipinski definition) is 0. The van der Waals surface area contributed by atoms with Crippen molar-refractivity contribution >= 4 is 45.8 Å². The van der Waals surface area contributed by atoms with Gasteiger partial charge in [0.25, 0.3) is 0 Å². The van der Waals surface area contributed by atoms with Crippen LogP contribution in [0.2, 0.25) is 10.0 Å².